The largest absolute Gasteiger partial charge is 0.245 e. The maximum atomic E-state index is 4.13. The van der Waals surface area contributed by atoms with Crippen LogP contribution in [0, 0.1) is 0 Å². The van der Waals surface area contributed by atoms with Crippen molar-refractivity contribution in [1.82, 2.24) is 15.2 Å². The summed E-state index contributed by atoms with van der Waals surface area (Å²) >= 11 is 1.72. The molecule has 0 radical (unpaired) electrons. The summed E-state index contributed by atoms with van der Waals surface area (Å²) in [7, 11) is 0. The predicted octanol–water partition coefficient (Wildman–Crippen LogP) is 2.28. The van der Waals surface area contributed by atoms with Gasteiger partial charge in [-0.05, 0) is 24.0 Å². The zero-order chi connectivity index (χ0) is 10.5. The van der Waals surface area contributed by atoms with Crippen LogP contribution in [0.3, 0.4) is 0 Å². The van der Waals surface area contributed by atoms with Crippen LogP contribution >= 0.6 is 11.8 Å². The van der Waals surface area contributed by atoms with Gasteiger partial charge in [-0.25, -0.2) is 10.1 Å². The van der Waals surface area contributed by atoms with Gasteiger partial charge in [-0.15, -0.1) is 11.8 Å². The Labute approximate surface area is 91.9 Å². The molecule has 0 saturated carbocycles. The monoisotopic (exact) mass is 218 g/mol. The summed E-state index contributed by atoms with van der Waals surface area (Å²) < 4.78 is 0. The molecule has 0 amide bonds. The number of aliphatic imine (C=N–C) groups is 1. The van der Waals surface area contributed by atoms with Gasteiger partial charge in [0.05, 0.1) is 0 Å². The van der Waals surface area contributed by atoms with Gasteiger partial charge in [-0.1, -0.05) is 12.1 Å². The molecule has 0 fully saturated rings. The van der Waals surface area contributed by atoms with Gasteiger partial charge in [0.25, 0.3) is 0 Å². The lowest BCUT2D eigenvalue weighted by atomic mass is 10.2. The van der Waals surface area contributed by atoms with E-state index in [1.54, 1.807) is 18.0 Å². The van der Waals surface area contributed by atoms with Crippen molar-refractivity contribution in [2.75, 3.05) is 6.26 Å². The Morgan fingerprint density at radius 2 is 2.13 bits per heavy atom. The van der Waals surface area contributed by atoms with Gasteiger partial charge in [0.15, 0.2) is 0 Å². The molecule has 0 saturated heterocycles. The molecule has 5 heteroatoms. The molecule has 1 N–H and O–H groups in total. The first-order valence-electron chi connectivity index (χ1n) is 4.42. The number of aromatic nitrogens is 3. The van der Waals surface area contributed by atoms with Gasteiger partial charge < -0.3 is 0 Å². The Kier molecular flexibility index (Phi) is 3.14. The van der Waals surface area contributed by atoms with Crippen molar-refractivity contribution in [3.63, 3.8) is 0 Å². The standard InChI is InChI=1S/C10H10N4S/c1-15-9-4-2-8(3-5-9)6-11-10-12-7-13-14-10/h2-7H,1H3,(H,12,13,14)/b11-6+. The first kappa shape index (κ1) is 9.92. The van der Waals surface area contributed by atoms with Gasteiger partial charge in [-0.2, -0.15) is 10.1 Å². The van der Waals surface area contributed by atoms with Gasteiger partial charge in [0.2, 0.25) is 5.95 Å². The molecule has 1 aromatic carbocycles. The predicted molar refractivity (Wildman–Crippen MR) is 61.9 cm³/mol. The number of rotatable bonds is 3. The van der Waals surface area contributed by atoms with Crippen molar-refractivity contribution in [3.8, 4) is 0 Å². The molecule has 2 aromatic rings. The molecular formula is C10H10N4S. The summed E-state index contributed by atoms with van der Waals surface area (Å²) in [6, 6.07) is 8.16. The van der Waals surface area contributed by atoms with Crippen LogP contribution < -0.4 is 0 Å². The van der Waals surface area contributed by atoms with Crippen molar-refractivity contribution in [2.24, 2.45) is 4.99 Å². The third kappa shape index (κ3) is 2.66. The maximum absolute atomic E-state index is 4.13. The van der Waals surface area contributed by atoms with E-state index in [-0.39, 0.29) is 0 Å². The molecule has 0 atom stereocenters. The summed E-state index contributed by atoms with van der Waals surface area (Å²) in [5.41, 5.74) is 1.05. The first-order chi connectivity index (χ1) is 7.38. The van der Waals surface area contributed by atoms with Crippen LogP contribution in [-0.4, -0.2) is 27.7 Å². The van der Waals surface area contributed by atoms with Crippen LogP contribution in [0.1, 0.15) is 5.56 Å². The molecule has 0 aliphatic carbocycles. The van der Waals surface area contributed by atoms with Crippen molar-refractivity contribution < 1.29 is 0 Å². The molecule has 0 bridgehead atoms. The fourth-order valence-electron chi connectivity index (χ4n) is 1.09. The zero-order valence-electron chi connectivity index (χ0n) is 8.21. The molecule has 1 aromatic heterocycles. The lowest BCUT2D eigenvalue weighted by molar-refractivity contribution is 1.08. The Bertz CT molecular complexity index is 433. The number of aromatic amines is 1. The van der Waals surface area contributed by atoms with Crippen molar-refractivity contribution in [1.29, 1.82) is 0 Å². The molecule has 4 nitrogen and oxygen atoms in total. The number of nitrogens with one attached hydrogen (secondary N) is 1. The van der Waals surface area contributed by atoms with Crippen LogP contribution in [0.25, 0.3) is 0 Å². The lowest BCUT2D eigenvalue weighted by Crippen LogP contribution is -1.80. The van der Waals surface area contributed by atoms with Gasteiger partial charge in [0.1, 0.15) is 6.33 Å². The Balaban J connectivity index is 2.11. The highest BCUT2D eigenvalue weighted by atomic mass is 32.2. The van der Waals surface area contributed by atoms with Crippen LogP contribution in [0.5, 0.6) is 0 Å². The topological polar surface area (TPSA) is 53.9 Å². The van der Waals surface area contributed by atoms with Crippen LogP contribution in [-0.2, 0) is 0 Å². The van der Waals surface area contributed by atoms with Gasteiger partial charge >= 0.3 is 0 Å². The molecule has 0 aliphatic heterocycles. The lowest BCUT2D eigenvalue weighted by Gasteiger charge is -1.95. The highest BCUT2D eigenvalue weighted by Crippen LogP contribution is 2.14. The minimum atomic E-state index is 0.518. The van der Waals surface area contributed by atoms with E-state index < -0.39 is 0 Å². The summed E-state index contributed by atoms with van der Waals surface area (Å²) in [6.45, 7) is 0. The second-order valence-corrected chi connectivity index (χ2v) is 3.72. The van der Waals surface area contributed by atoms with E-state index in [0.717, 1.165) is 5.56 Å². The van der Waals surface area contributed by atoms with Crippen LogP contribution in [0.2, 0.25) is 0 Å². The van der Waals surface area contributed by atoms with E-state index in [9.17, 15) is 0 Å². The molecule has 76 valence electrons. The van der Waals surface area contributed by atoms with E-state index in [1.807, 2.05) is 12.1 Å². The minimum absolute atomic E-state index is 0.518. The molecule has 2 rings (SSSR count). The Morgan fingerprint density at radius 3 is 2.73 bits per heavy atom. The second kappa shape index (κ2) is 4.75. The van der Waals surface area contributed by atoms with Crippen LogP contribution in [0.15, 0.2) is 40.5 Å². The molecule has 0 spiro atoms. The summed E-state index contributed by atoms with van der Waals surface area (Å²) in [5, 5.41) is 6.38. The number of hydrogen-bond donors (Lipinski definition) is 1. The van der Waals surface area contributed by atoms with E-state index in [2.05, 4.69) is 38.6 Å². The first-order valence-corrected chi connectivity index (χ1v) is 5.64. The zero-order valence-corrected chi connectivity index (χ0v) is 9.03. The quantitative estimate of drug-likeness (QED) is 0.635. The van der Waals surface area contributed by atoms with Crippen molar-refractivity contribution in [2.45, 2.75) is 4.90 Å². The number of benzene rings is 1. The number of H-pyrrole nitrogens is 1. The van der Waals surface area contributed by atoms with Gasteiger partial charge in [0, 0.05) is 11.1 Å². The number of hydrogen-bond acceptors (Lipinski definition) is 4. The fraction of sp³-hybridized carbons (Fsp3) is 0.100. The van der Waals surface area contributed by atoms with E-state index >= 15 is 0 Å². The summed E-state index contributed by atoms with van der Waals surface area (Å²) in [6.07, 6.45) is 5.24. The molecule has 0 aliphatic rings. The molecule has 0 unspecified atom stereocenters. The van der Waals surface area contributed by atoms with E-state index in [1.165, 1.54) is 11.2 Å². The normalized spacial score (nSPS) is 11.0. The van der Waals surface area contributed by atoms with E-state index in [0.29, 0.717) is 5.95 Å². The molecule has 1 heterocycles. The Morgan fingerprint density at radius 1 is 1.33 bits per heavy atom. The molecular weight excluding hydrogens is 208 g/mol. The maximum Gasteiger partial charge on any atom is 0.245 e. The Hall–Kier alpha value is -1.62. The van der Waals surface area contributed by atoms with Gasteiger partial charge in [-0.3, -0.25) is 0 Å². The second-order valence-electron chi connectivity index (χ2n) is 2.84. The SMILES string of the molecule is CSc1ccc(/C=N/c2ncn[nH]2)cc1. The highest BCUT2D eigenvalue weighted by Gasteiger charge is 1.91. The highest BCUT2D eigenvalue weighted by molar-refractivity contribution is 7.98. The van der Waals surface area contributed by atoms with Crippen LogP contribution in [0.4, 0.5) is 5.95 Å². The molecule has 15 heavy (non-hydrogen) atoms. The van der Waals surface area contributed by atoms with Crippen molar-refractivity contribution >= 4 is 23.9 Å². The summed E-state index contributed by atoms with van der Waals surface area (Å²) in [5.74, 6) is 0.518. The average molecular weight is 218 g/mol. The third-order valence-electron chi connectivity index (χ3n) is 1.85. The van der Waals surface area contributed by atoms with E-state index in [4.69, 9.17) is 0 Å². The smallest absolute Gasteiger partial charge is 0.244 e. The fourth-order valence-corrected chi connectivity index (χ4v) is 1.50. The third-order valence-corrected chi connectivity index (χ3v) is 2.60. The minimum Gasteiger partial charge on any atom is -0.244 e. The summed E-state index contributed by atoms with van der Waals surface area (Å²) in [4.78, 5) is 9.27. The number of nitrogens with zero attached hydrogens (tertiary/aromatic N) is 3. The van der Waals surface area contributed by atoms with Crippen molar-refractivity contribution in [3.05, 3.63) is 36.2 Å². The average Bonchev–Trinajstić information content (AvgIpc) is 2.80. The number of thioether (sulfide) groups is 1.